The standard InChI is InChI=1S/C42H43N3O5/c1-45(42(47)48)40(39(33-16-7-3-8-17-33)34-18-9-4-10-19-34)41(46)44-38-20-12-11-15-32(38)23-26-36-27-43-28-37(50-36)29-49-35-24-21-31(22-25-35)30-13-5-2-6-14-30/h2-22,24-25,36-37,39-40,43H,23,26-29H2,1H3,(H,44,46)(H,47,48)/t36-,37+,40+/m1/s1. The van der Waals surface area contributed by atoms with E-state index in [0.29, 0.717) is 25.3 Å². The fourth-order valence-electron chi connectivity index (χ4n) is 6.54. The van der Waals surface area contributed by atoms with Crippen molar-refractivity contribution in [3.63, 3.8) is 0 Å². The molecule has 8 heteroatoms. The van der Waals surface area contributed by atoms with Crippen LogP contribution < -0.4 is 15.4 Å². The molecule has 0 aliphatic carbocycles. The number of morpholine rings is 1. The Morgan fingerprint density at radius 2 is 1.34 bits per heavy atom. The molecule has 2 amide bonds. The van der Waals surface area contributed by atoms with Crippen molar-refractivity contribution in [1.82, 2.24) is 10.2 Å². The Balaban J connectivity index is 1.10. The predicted octanol–water partition coefficient (Wildman–Crippen LogP) is 7.47. The van der Waals surface area contributed by atoms with E-state index in [0.717, 1.165) is 45.9 Å². The summed E-state index contributed by atoms with van der Waals surface area (Å²) in [6, 6.07) is 44.2. The van der Waals surface area contributed by atoms with Crippen molar-refractivity contribution in [2.45, 2.75) is 37.0 Å². The Morgan fingerprint density at radius 1 is 0.780 bits per heavy atom. The van der Waals surface area contributed by atoms with E-state index in [2.05, 4.69) is 34.9 Å². The summed E-state index contributed by atoms with van der Waals surface area (Å²) in [5.41, 5.74) is 5.62. The van der Waals surface area contributed by atoms with Crippen molar-refractivity contribution in [3.8, 4) is 16.9 Å². The van der Waals surface area contributed by atoms with Gasteiger partial charge in [0.15, 0.2) is 0 Å². The molecule has 1 fully saturated rings. The fourth-order valence-corrected chi connectivity index (χ4v) is 6.54. The van der Waals surface area contributed by atoms with E-state index in [-0.39, 0.29) is 12.2 Å². The van der Waals surface area contributed by atoms with Gasteiger partial charge in [0.25, 0.3) is 0 Å². The van der Waals surface area contributed by atoms with Crippen LogP contribution >= 0.6 is 0 Å². The Kier molecular flexibility index (Phi) is 11.6. The van der Waals surface area contributed by atoms with E-state index in [1.54, 1.807) is 0 Å². The Hall–Kier alpha value is -5.44. The van der Waals surface area contributed by atoms with Gasteiger partial charge in [-0.15, -0.1) is 0 Å². The smallest absolute Gasteiger partial charge is 0.407 e. The lowest BCUT2D eigenvalue weighted by molar-refractivity contribution is -0.120. The van der Waals surface area contributed by atoms with Crippen LogP contribution in [-0.4, -0.2) is 67.0 Å². The summed E-state index contributed by atoms with van der Waals surface area (Å²) in [7, 11) is 1.45. The molecule has 5 aromatic carbocycles. The second-order valence-corrected chi connectivity index (χ2v) is 12.6. The molecule has 1 aliphatic heterocycles. The van der Waals surface area contributed by atoms with Gasteiger partial charge < -0.3 is 25.2 Å². The van der Waals surface area contributed by atoms with Crippen LogP contribution in [-0.2, 0) is 16.0 Å². The minimum Gasteiger partial charge on any atom is -0.491 e. The number of amides is 2. The lowest BCUT2D eigenvalue weighted by atomic mass is 9.84. The number of carboxylic acid groups (broad SMARTS) is 1. The van der Waals surface area contributed by atoms with E-state index < -0.39 is 24.0 Å². The first kappa shape index (κ1) is 34.4. The van der Waals surface area contributed by atoms with Crippen molar-refractivity contribution >= 4 is 17.7 Å². The number of carbonyl (C=O) groups excluding carboxylic acids is 1. The van der Waals surface area contributed by atoms with E-state index in [1.165, 1.54) is 12.6 Å². The summed E-state index contributed by atoms with van der Waals surface area (Å²) in [5.74, 6) is -0.119. The number of carbonyl (C=O) groups is 2. The van der Waals surface area contributed by atoms with Crippen LogP contribution in [0.1, 0.15) is 29.0 Å². The van der Waals surface area contributed by atoms with E-state index in [4.69, 9.17) is 9.47 Å². The second kappa shape index (κ2) is 16.8. The molecule has 0 radical (unpaired) electrons. The summed E-state index contributed by atoms with van der Waals surface area (Å²) >= 11 is 0. The molecule has 1 aliphatic rings. The Morgan fingerprint density at radius 3 is 1.98 bits per heavy atom. The quantitative estimate of drug-likeness (QED) is 0.120. The third-order valence-corrected chi connectivity index (χ3v) is 9.16. The number of hydrogen-bond donors (Lipinski definition) is 3. The number of aryl methyl sites for hydroxylation is 1. The molecule has 0 saturated carbocycles. The van der Waals surface area contributed by atoms with Gasteiger partial charge in [-0.1, -0.05) is 121 Å². The van der Waals surface area contributed by atoms with Crippen LogP contribution in [0.15, 0.2) is 140 Å². The van der Waals surface area contributed by atoms with Gasteiger partial charge in [-0.2, -0.15) is 0 Å². The first-order valence-corrected chi connectivity index (χ1v) is 17.0. The zero-order valence-corrected chi connectivity index (χ0v) is 28.2. The zero-order valence-electron chi connectivity index (χ0n) is 28.2. The number of nitrogens with zero attached hydrogens (tertiary/aromatic N) is 1. The molecule has 3 N–H and O–H groups in total. The highest BCUT2D eigenvalue weighted by Crippen LogP contribution is 2.32. The molecule has 5 aromatic rings. The SMILES string of the molecule is CN(C(=O)O)[C@H](C(=O)Nc1ccccc1CC[C@@H]1CNC[C@@H](COc2ccc(-c3ccccc3)cc2)O1)C(c1ccccc1)c1ccccc1. The van der Waals surface area contributed by atoms with Gasteiger partial charge >= 0.3 is 6.09 Å². The van der Waals surface area contributed by atoms with Gasteiger partial charge in [-0.3, -0.25) is 9.69 Å². The number of ether oxygens (including phenoxy) is 2. The molecule has 6 rings (SSSR count). The van der Waals surface area contributed by atoms with Gasteiger partial charge in [0, 0.05) is 31.7 Å². The number of nitrogens with one attached hydrogen (secondary N) is 2. The zero-order chi connectivity index (χ0) is 34.7. The lowest BCUT2D eigenvalue weighted by Gasteiger charge is -2.33. The van der Waals surface area contributed by atoms with Gasteiger partial charge in [0.05, 0.1) is 6.10 Å². The molecule has 0 bridgehead atoms. The third kappa shape index (κ3) is 8.77. The summed E-state index contributed by atoms with van der Waals surface area (Å²) < 4.78 is 12.5. The molecule has 0 unspecified atom stereocenters. The average Bonchev–Trinajstić information content (AvgIpc) is 3.17. The molecular weight excluding hydrogens is 626 g/mol. The molecule has 0 aromatic heterocycles. The van der Waals surface area contributed by atoms with Crippen LogP contribution in [0.4, 0.5) is 10.5 Å². The van der Waals surface area contributed by atoms with E-state index in [9.17, 15) is 14.7 Å². The molecule has 50 heavy (non-hydrogen) atoms. The van der Waals surface area contributed by atoms with Crippen molar-refractivity contribution in [1.29, 1.82) is 0 Å². The topological polar surface area (TPSA) is 100 Å². The van der Waals surface area contributed by atoms with Gasteiger partial charge in [-0.25, -0.2) is 4.79 Å². The van der Waals surface area contributed by atoms with Crippen molar-refractivity contribution in [2.75, 3.05) is 32.1 Å². The lowest BCUT2D eigenvalue weighted by Crippen LogP contribution is -2.48. The highest BCUT2D eigenvalue weighted by atomic mass is 16.5. The number of likely N-dealkylation sites (N-methyl/N-ethyl adjacent to an activating group) is 1. The highest BCUT2D eigenvalue weighted by Gasteiger charge is 2.37. The van der Waals surface area contributed by atoms with Crippen LogP contribution in [0.25, 0.3) is 11.1 Å². The number of para-hydroxylation sites is 1. The van der Waals surface area contributed by atoms with Crippen molar-refractivity contribution < 1.29 is 24.2 Å². The minimum absolute atomic E-state index is 0.0343. The van der Waals surface area contributed by atoms with Crippen molar-refractivity contribution in [2.24, 2.45) is 0 Å². The van der Waals surface area contributed by atoms with Gasteiger partial charge in [-0.05, 0) is 58.9 Å². The molecule has 0 spiro atoms. The third-order valence-electron chi connectivity index (χ3n) is 9.16. The molecule has 3 atom stereocenters. The summed E-state index contributed by atoms with van der Waals surface area (Å²) in [6.45, 7) is 1.86. The summed E-state index contributed by atoms with van der Waals surface area (Å²) in [6.07, 6.45) is 0.0835. The fraction of sp³-hybridized carbons (Fsp3) is 0.238. The molecule has 256 valence electrons. The second-order valence-electron chi connectivity index (χ2n) is 12.6. The van der Waals surface area contributed by atoms with Crippen molar-refractivity contribution in [3.05, 3.63) is 156 Å². The first-order valence-electron chi connectivity index (χ1n) is 17.0. The number of anilines is 1. The monoisotopic (exact) mass is 669 g/mol. The molecular formula is C42H43N3O5. The minimum atomic E-state index is -1.18. The number of hydrogen-bond acceptors (Lipinski definition) is 5. The Bertz CT molecular complexity index is 1780. The van der Waals surface area contributed by atoms with Gasteiger partial charge in [0.1, 0.15) is 24.5 Å². The maximum Gasteiger partial charge on any atom is 0.407 e. The summed E-state index contributed by atoms with van der Waals surface area (Å²) in [5, 5.41) is 16.7. The van der Waals surface area contributed by atoms with Crippen LogP contribution in [0.2, 0.25) is 0 Å². The normalized spacial score (nSPS) is 16.4. The van der Waals surface area contributed by atoms with Crippen LogP contribution in [0.5, 0.6) is 5.75 Å². The number of rotatable bonds is 13. The number of benzene rings is 5. The van der Waals surface area contributed by atoms with Crippen LogP contribution in [0, 0.1) is 0 Å². The largest absolute Gasteiger partial charge is 0.491 e. The van der Waals surface area contributed by atoms with E-state index >= 15 is 0 Å². The summed E-state index contributed by atoms with van der Waals surface area (Å²) in [4.78, 5) is 27.6. The maximum absolute atomic E-state index is 14.2. The first-order chi connectivity index (χ1) is 24.5. The van der Waals surface area contributed by atoms with E-state index in [1.807, 2.05) is 115 Å². The predicted molar refractivity (Wildman–Crippen MR) is 197 cm³/mol. The average molecular weight is 670 g/mol. The maximum atomic E-state index is 14.2. The highest BCUT2D eigenvalue weighted by molar-refractivity contribution is 5.98. The van der Waals surface area contributed by atoms with Crippen LogP contribution in [0.3, 0.4) is 0 Å². The molecule has 1 saturated heterocycles. The molecule has 1 heterocycles. The van der Waals surface area contributed by atoms with Gasteiger partial charge in [0.2, 0.25) is 5.91 Å². The Labute approximate surface area is 293 Å². The molecule has 8 nitrogen and oxygen atoms in total.